The predicted molar refractivity (Wildman–Crippen MR) is 69.5 cm³/mol. The number of carbonyl (C=O) groups is 1. The maximum Gasteiger partial charge on any atom is 0.269 e. The normalized spacial score (nSPS) is 17.1. The molecular weight excluding hydrogens is 284 g/mol. The standard InChI is InChI=1S/C12H18N2O5S/c1-8-12(9(2)19-13-8)20(16,17)14-11(15)7-10-3-5-18-6-4-10/h10H,3-7H2,1-2H3,(H,14,15). The minimum Gasteiger partial charge on any atom is -0.381 e. The molecule has 0 aromatic carbocycles. The van der Waals surface area contributed by atoms with Crippen LogP contribution in [-0.2, 0) is 19.6 Å². The molecule has 2 heterocycles. The molecule has 1 saturated heterocycles. The molecule has 0 saturated carbocycles. The fourth-order valence-electron chi connectivity index (χ4n) is 2.31. The van der Waals surface area contributed by atoms with Crippen LogP contribution in [0.4, 0.5) is 0 Å². The number of hydrogen-bond donors (Lipinski definition) is 1. The van der Waals surface area contributed by atoms with E-state index in [1.165, 1.54) is 13.8 Å². The second-order valence-corrected chi connectivity index (χ2v) is 6.56. The fraction of sp³-hybridized carbons (Fsp3) is 0.667. The van der Waals surface area contributed by atoms with Crippen molar-refractivity contribution >= 4 is 15.9 Å². The monoisotopic (exact) mass is 302 g/mol. The quantitative estimate of drug-likeness (QED) is 0.887. The van der Waals surface area contributed by atoms with E-state index < -0.39 is 15.9 Å². The second kappa shape index (κ2) is 5.92. The van der Waals surface area contributed by atoms with Gasteiger partial charge in [-0.1, -0.05) is 5.16 Å². The molecule has 0 unspecified atom stereocenters. The van der Waals surface area contributed by atoms with E-state index in [-0.39, 0.29) is 28.7 Å². The van der Waals surface area contributed by atoms with E-state index in [2.05, 4.69) is 9.88 Å². The van der Waals surface area contributed by atoms with Crippen molar-refractivity contribution in [3.8, 4) is 0 Å². The smallest absolute Gasteiger partial charge is 0.269 e. The van der Waals surface area contributed by atoms with E-state index in [4.69, 9.17) is 9.26 Å². The largest absolute Gasteiger partial charge is 0.381 e. The van der Waals surface area contributed by atoms with Gasteiger partial charge in [0.25, 0.3) is 10.0 Å². The zero-order valence-corrected chi connectivity index (χ0v) is 12.3. The van der Waals surface area contributed by atoms with Crippen LogP contribution in [0.2, 0.25) is 0 Å². The number of nitrogens with one attached hydrogen (secondary N) is 1. The fourth-order valence-corrected chi connectivity index (χ4v) is 3.64. The SMILES string of the molecule is Cc1noc(C)c1S(=O)(=O)NC(=O)CC1CCOCC1. The average molecular weight is 302 g/mol. The summed E-state index contributed by atoms with van der Waals surface area (Å²) in [5.41, 5.74) is 0.244. The molecule has 7 nitrogen and oxygen atoms in total. The van der Waals surface area contributed by atoms with Crippen molar-refractivity contribution in [2.45, 2.75) is 38.0 Å². The lowest BCUT2D eigenvalue weighted by Gasteiger charge is -2.21. The van der Waals surface area contributed by atoms with Gasteiger partial charge in [-0.3, -0.25) is 4.79 Å². The van der Waals surface area contributed by atoms with Gasteiger partial charge in [0.15, 0.2) is 10.7 Å². The molecular formula is C12H18N2O5S. The zero-order chi connectivity index (χ0) is 14.8. The van der Waals surface area contributed by atoms with E-state index >= 15 is 0 Å². The second-order valence-electron chi connectivity index (χ2n) is 4.94. The van der Waals surface area contributed by atoms with E-state index in [1.54, 1.807) is 0 Å². The molecule has 0 bridgehead atoms. The van der Waals surface area contributed by atoms with Gasteiger partial charge in [-0.2, -0.15) is 0 Å². The number of aryl methyl sites for hydroxylation is 2. The molecule has 8 heteroatoms. The van der Waals surface area contributed by atoms with Crippen molar-refractivity contribution in [3.05, 3.63) is 11.5 Å². The molecule has 1 fully saturated rings. The summed E-state index contributed by atoms with van der Waals surface area (Å²) in [4.78, 5) is 11.8. The summed E-state index contributed by atoms with van der Waals surface area (Å²) in [6.45, 7) is 4.26. The molecule has 1 aromatic heterocycles. The molecule has 0 radical (unpaired) electrons. The summed E-state index contributed by atoms with van der Waals surface area (Å²) in [6, 6.07) is 0. The molecule has 1 aromatic rings. The topological polar surface area (TPSA) is 98.5 Å². The molecule has 2 rings (SSSR count). The van der Waals surface area contributed by atoms with Crippen LogP contribution >= 0.6 is 0 Å². The minimum atomic E-state index is -3.92. The Hall–Kier alpha value is -1.41. The summed E-state index contributed by atoms with van der Waals surface area (Å²) >= 11 is 0. The number of amides is 1. The van der Waals surface area contributed by atoms with Crippen molar-refractivity contribution in [2.24, 2.45) is 5.92 Å². The van der Waals surface area contributed by atoms with Crippen molar-refractivity contribution in [1.29, 1.82) is 0 Å². The van der Waals surface area contributed by atoms with Crippen LogP contribution in [0.25, 0.3) is 0 Å². The number of sulfonamides is 1. The van der Waals surface area contributed by atoms with Crippen molar-refractivity contribution in [2.75, 3.05) is 13.2 Å². The number of carbonyl (C=O) groups excluding carboxylic acids is 1. The Labute approximate surface area is 117 Å². The molecule has 1 N–H and O–H groups in total. The first-order valence-electron chi connectivity index (χ1n) is 6.46. The molecule has 0 aliphatic carbocycles. The van der Waals surface area contributed by atoms with Crippen molar-refractivity contribution in [1.82, 2.24) is 9.88 Å². The highest BCUT2D eigenvalue weighted by atomic mass is 32.2. The lowest BCUT2D eigenvalue weighted by Crippen LogP contribution is -2.33. The number of ether oxygens (including phenoxy) is 1. The third-order valence-electron chi connectivity index (χ3n) is 3.30. The van der Waals surface area contributed by atoms with Crippen LogP contribution in [0.15, 0.2) is 9.42 Å². The van der Waals surface area contributed by atoms with Gasteiger partial charge < -0.3 is 9.26 Å². The maximum atomic E-state index is 12.1. The minimum absolute atomic E-state index is 0.0576. The van der Waals surface area contributed by atoms with Crippen LogP contribution in [0.1, 0.15) is 30.7 Å². The van der Waals surface area contributed by atoms with Crippen LogP contribution in [0.3, 0.4) is 0 Å². The molecule has 20 heavy (non-hydrogen) atoms. The van der Waals surface area contributed by atoms with E-state index in [0.717, 1.165) is 12.8 Å². The van der Waals surface area contributed by atoms with Gasteiger partial charge in [0.2, 0.25) is 5.91 Å². The van der Waals surface area contributed by atoms with E-state index in [1.807, 2.05) is 0 Å². The molecule has 1 aliphatic heterocycles. The Balaban J connectivity index is 2.03. The molecule has 1 aliphatic rings. The Kier molecular flexibility index (Phi) is 4.44. The van der Waals surface area contributed by atoms with Gasteiger partial charge in [-0.05, 0) is 32.6 Å². The Bertz CT molecular complexity index is 567. The zero-order valence-electron chi connectivity index (χ0n) is 11.5. The van der Waals surface area contributed by atoms with Crippen molar-refractivity contribution in [3.63, 3.8) is 0 Å². The van der Waals surface area contributed by atoms with Gasteiger partial charge in [-0.25, -0.2) is 13.1 Å². The number of hydrogen-bond acceptors (Lipinski definition) is 6. The van der Waals surface area contributed by atoms with Crippen LogP contribution < -0.4 is 4.72 Å². The predicted octanol–water partition coefficient (Wildman–Crippen LogP) is 0.913. The first-order valence-corrected chi connectivity index (χ1v) is 7.94. The van der Waals surface area contributed by atoms with Crippen LogP contribution in [-0.4, -0.2) is 32.7 Å². The summed E-state index contributed by atoms with van der Waals surface area (Å²) in [7, 11) is -3.92. The highest BCUT2D eigenvalue weighted by Crippen LogP contribution is 2.21. The highest BCUT2D eigenvalue weighted by Gasteiger charge is 2.27. The Morgan fingerprint density at radius 2 is 2.00 bits per heavy atom. The molecule has 112 valence electrons. The van der Waals surface area contributed by atoms with E-state index in [0.29, 0.717) is 13.2 Å². The molecule has 1 amide bonds. The lowest BCUT2D eigenvalue weighted by molar-refractivity contribution is -0.120. The van der Waals surface area contributed by atoms with Gasteiger partial charge in [0, 0.05) is 19.6 Å². The van der Waals surface area contributed by atoms with Crippen LogP contribution in [0, 0.1) is 19.8 Å². The number of rotatable bonds is 4. The first-order chi connectivity index (χ1) is 9.40. The van der Waals surface area contributed by atoms with E-state index in [9.17, 15) is 13.2 Å². The van der Waals surface area contributed by atoms with Gasteiger partial charge >= 0.3 is 0 Å². The van der Waals surface area contributed by atoms with Crippen LogP contribution in [0.5, 0.6) is 0 Å². The number of nitrogens with zero attached hydrogens (tertiary/aromatic N) is 1. The van der Waals surface area contributed by atoms with Crippen molar-refractivity contribution < 1.29 is 22.5 Å². The van der Waals surface area contributed by atoms with Gasteiger partial charge in [-0.15, -0.1) is 0 Å². The summed E-state index contributed by atoms with van der Waals surface area (Å²) in [5.74, 6) is -0.158. The highest BCUT2D eigenvalue weighted by molar-refractivity contribution is 7.90. The first kappa shape index (κ1) is 15.0. The third-order valence-corrected chi connectivity index (χ3v) is 4.92. The molecule has 0 spiro atoms. The Morgan fingerprint density at radius 3 is 2.55 bits per heavy atom. The Morgan fingerprint density at radius 1 is 1.35 bits per heavy atom. The van der Waals surface area contributed by atoms with Gasteiger partial charge in [0.1, 0.15) is 5.69 Å². The third kappa shape index (κ3) is 3.37. The lowest BCUT2D eigenvalue weighted by atomic mass is 9.96. The maximum absolute atomic E-state index is 12.1. The average Bonchev–Trinajstić information content (AvgIpc) is 2.70. The summed E-state index contributed by atoms with van der Waals surface area (Å²) < 4.78 is 36.4. The number of aromatic nitrogens is 1. The summed E-state index contributed by atoms with van der Waals surface area (Å²) in [6.07, 6.45) is 1.74. The van der Waals surface area contributed by atoms with Gasteiger partial charge in [0.05, 0.1) is 0 Å². The summed E-state index contributed by atoms with van der Waals surface area (Å²) in [5, 5.41) is 3.58. The molecule has 0 atom stereocenters.